The third kappa shape index (κ3) is 2.82. The van der Waals surface area contributed by atoms with Crippen LogP contribution in [0, 0.1) is 0 Å². The first-order valence-corrected chi connectivity index (χ1v) is 6.62. The summed E-state index contributed by atoms with van der Waals surface area (Å²) in [6, 6.07) is 8.31. The molecule has 0 saturated heterocycles. The maximum absolute atomic E-state index is 11.1. The van der Waals surface area contributed by atoms with Crippen LogP contribution in [0.2, 0.25) is 0 Å². The van der Waals surface area contributed by atoms with Crippen LogP contribution in [-0.4, -0.2) is 11.1 Å². The Morgan fingerprint density at radius 2 is 1.83 bits per heavy atom. The van der Waals surface area contributed by atoms with Gasteiger partial charge in [0.25, 0.3) is 5.84 Å². The Balaban J connectivity index is 2.24. The molecule has 3 nitrogen and oxygen atoms in total. The molecule has 1 amide bonds. The Labute approximate surface area is 111 Å². The highest BCUT2D eigenvalue weighted by Gasteiger charge is 2.24. The molecule has 1 aliphatic rings. The van der Waals surface area contributed by atoms with Crippen LogP contribution < -0.4 is 10.7 Å². The second-order valence-electron chi connectivity index (χ2n) is 5.31. The first-order valence-electron chi connectivity index (χ1n) is 5.80. The normalized spacial score (nSPS) is 18.3. The van der Waals surface area contributed by atoms with Gasteiger partial charge in [0.15, 0.2) is 0 Å². The van der Waals surface area contributed by atoms with Gasteiger partial charge in [-0.15, -0.1) is 0 Å². The van der Waals surface area contributed by atoms with Crippen molar-refractivity contribution in [1.29, 1.82) is 0 Å². The Bertz CT molecular complexity index is 536. The van der Waals surface area contributed by atoms with Crippen LogP contribution in [0.25, 0.3) is 6.08 Å². The van der Waals surface area contributed by atoms with Crippen molar-refractivity contribution in [2.75, 3.05) is 0 Å². The summed E-state index contributed by atoms with van der Waals surface area (Å²) < 4.78 is 0. The van der Waals surface area contributed by atoms with Gasteiger partial charge < -0.3 is 0 Å². The van der Waals surface area contributed by atoms with Gasteiger partial charge in [0.2, 0.25) is 0 Å². The van der Waals surface area contributed by atoms with E-state index in [4.69, 9.17) is 5.73 Å². The summed E-state index contributed by atoms with van der Waals surface area (Å²) in [5, 5.41) is -0.120. The highest BCUT2D eigenvalue weighted by molar-refractivity contribution is 8.17. The van der Waals surface area contributed by atoms with Gasteiger partial charge in [0.05, 0.1) is 0 Å². The third-order valence-electron chi connectivity index (χ3n) is 2.78. The number of nitrogens with one attached hydrogen (secondary N) is 1. The van der Waals surface area contributed by atoms with Crippen LogP contribution >= 0.6 is 11.8 Å². The van der Waals surface area contributed by atoms with Crippen molar-refractivity contribution in [3.63, 3.8) is 0 Å². The molecule has 0 atom stereocenters. The van der Waals surface area contributed by atoms with Gasteiger partial charge in [-0.2, -0.15) is 4.99 Å². The zero-order valence-electron chi connectivity index (χ0n) is 10.8. The maximum Gasteiger partial charge on any atom is 0.372 e. The number of rotatable bonds is 1. The fraction of sp³-hybridized carbons (Fsp3) is 0.286. The van der Waals surface area contributed by atoms with Crippen molar-refractivity contribution >= 4 is 28.9 Å². The molecule has 0 radical (unpaired) electrons. The van der Waals surface area contributed by atoms with Crippen molar-refractivity contribution in [2.24, 2.45) is 5.73 Å². The van der Waals surface area contributed by atoms with E-state index >= 15 is 0 Å². The van der Waals surface area contributed by atoms with Gasteiger partial charge in [-0.25, -0.2) is 4.79 Å². The van der Waals surface area contributed by atoms with Gasteiger partial charge in [-0.05, 0) is 22.6 Å². The lowest BCUT2D eigenvalue weighted by atomic mass is 9.87. The molecule has 0 saturated carbocycles. The average Bonchev–Trinajstić information content (AvgIpc) is 2.57. The van der Waals surface area contributed by atoms with Crippen LogP contribution in [-0.2, 0) is 5.41 Å². The molecule has 0 unspecified atom stereocenters. The van der Waals surface area contributed by atoms with E-state index in [0.717, 1.165) is 22.2 Å². The summed E-state index contributed by atoms with van der Waals surface area (Å²) in [6.07, 6.45) is 1.92. The molecule has 0 bridgehead atoms. The van der Waals surface area contributed by atoms with E-state index in [1.807, 2.05) is 18.2 Å². The SMILES string of the molecule is CC(C)(C)c1ccc(/C=C2/SC(=O)[NH+]=C2N)cc1. The van der Waals surface area contributed by atoms with Crippen LogP contribution in [0.4, 0.5) is 4.79 Å². The number of carbonyl (C=O) groups excluding carboxylic acids is 1. The van der Waals surface area contributed by atoms with Gasteiger partial charge in [-0.1, -0.05) is 45.0 Å². The minimum Gasteiger partial charge on any atom is -0.286 e. The zero-order valence-corrected chi connectivity index (χ0v) is 11.6. The Kier molecular flexibility index (Phi) is 3.30. The first-order chi connectivity index (χ1) is 8.36. The maximum atomic E-state index is 11.1. The zero-order chi connectivity index (χ0) is 13.3. The minimum absolute atomic E-state index is 0.120. The van der Waals surface area contributed by atoms with Crippen LogP contribution in [0.15, 0.2) is 29.2 Å². The molecule has 2 rings (SSSR count). The lowest BCUT2D eigenvalue weighted by molar-refractivity contribution is -0.326. The fourth-order valence-corrected chi connectivity index (χ4v) is 2.41. The highest BCUT2D eigenvalue weighted by atomic mass is 32.2. The molecular formula is C14H17N2OS+. The van der Waals surface area contributed by atoms with Crippen molar-refractivity contribution < 1.29 is 9.79 Å². The molecule has 1 heterocycles. The smallest absolute Gasteiger partial charge is 0.286 e. The van der Waals surface area contributed by atoms with Crippen molar-refractivity contribution in [1.82, 2.24) is 0 Å². The van der Waals surface area contributed by atoms with Gasteiger partial charge in [0, 0.05) is 11.8 Å². The molecule has 0 aromatic heterocycles. The lowest BCUT2D eigenvalue weighted by Gasteiger charge is -2.18. The standard InChI is InChI=1S/C14H16N2OS/c1-14(2,3)10-6-4-9(5-7-10)8-11-12(15)16-13(17)18-11/h4-8H,1-3H3,(H2,15,16,17)/p+1/b11-8+. The van der Waals surface area contributed by atoms with E-state index in [-0.39, 0.29) is 10.7 Å². The average molecular weight is 261 g/mol. The number of thioether (sulfide) groups is 1. The quantitative estimate of drug-likeness (QED) is 0.808. The van der Waals surface area contributed by atoms with Crippen molar-refractivity contribution in [3.8, 4) is 0 Å². The molecule has 1 aromatic rings. The predicted molar refractivity (Wildman–Crippen MR) is 76.3 cm³/mol. The van der Waals surface area contributed by atoms with Gasteiger partial charge in [0.1, 0.15) is 4.91 Å². The molecule has 3 N–H and O–H groups in total. The number of carbonyl (C=O) groups is 1. The number of nitrogens with two attached hydrogens (primary N) is 1. The number of amidine groups is 1. The van der Waals surface area contributed by atoms with Crippen LogP contribution in [0.5, 0.6) is 0 Å². The summed E-state index contributed by atoms with van der Waals surface area (Å²) in [5.74, 6) is 0.435. The van der Waals surface area contributed by atoms with E-state index < -0.39 is 0 Å². The lowest BCUT2D eigenvalue weighted by Crippen LogP contribution is -2.74. The van der Waals surface area contributed by atoms with Crippen molar-refractivity contribution in [3.05, 3.63) is 40.3 Å². The molecule has 0 aliphatic carbocycles. The molecule has 0 fully saturated rings. The van der Waals surface area contributed by atoms with E-state index in [1.54, 1.807) is 0 Å². The summed E-state index contributed by atoms with van der Waals surface area (Å²) in [4.78, 5) is 14.5. The highest BCUT2D eigenvalue weighted by Crippen LogP contribution is 2.24. The minimum atomic E-state index is -0.120. The topological polar surface area (TPSA) is 57.1 Å². The Hall–Kier alpha value is -1.55. The molecule has 94 valence electrons. The molecule has 1 aliphatic heterocycles. The molecule has 0 spiro atoms. The van der Waals surface area contributed by atoms with Crippen LogP contribution in [0.1, 0.15) is 31.9 Å². The summed E-state index contributed by atoms with van der Waals surface area (Å²) in [6.45, 7) is 6.55. The summed E-state index contributed by atoms with van der Waals surface area (Å²) in [7, 11) is 0. The second kappa shape index (κ2) is 4.61. The molecular weight excluding hydrogens is 244 g/mol. The van der Waals surface area contributed by atoms with E-state index in [0.29, 0.717) is 5.84 Å². The summed E-state index contributed by atoms with van der Waals surface area (Å²) in [5.41, 5.74) is 8.19. The molecule has 18 heavy (non-hydrogen) atoms. The molecule has 1 aromatic carbocycles. The third-order valence-corrected chi connectivity index (χ3v) is 3.62. The number of amides is 1. The van der Waals surface area contributed by atoms with E-state index in [2.05, 4.69) is 37.9 Å². The van der Waals surface area contributed by atoms with Gasteiger partial charge >= 0.3 is 5.24 Å². The van der Waals surface area contributed by atoms with Crippen molar-refractivity contribution in [2.45, 2.75) is 26.2 Å². The Morgan fingerprint density at radius 1 is 1.22 bits per heavy atom. The Morgan fingerprint density at radius 3 is 2.28 bits per heavy atom. The fourth-order valence-electron chi connectivity index (χ4n) is 1.69. The van der Waals surface area contributed by atoms with E-state index in [9.17, 15) is 4.79 Å². The number of benzene rings is 1. The summed E-state index contributed by atoms with van der Waals surface area (Å²) >= 11 is 1.13. The largest absolute Gasteiger partial charge is 0.372 e. The number of hydrogen-bond acceptors (Lipinski definition) is 3. The van der Waals surface area contributed by atoms with Gasteiger partial charge in [-0.3, -0.25) is 5.73 Å². The first kappa shape index (κ1) is 12.9. The van der Waals surface area contributed by atoms with E-state index in [1.165, 1.54) is 5.56 Å². The molecule has 4 heteroatoms. The number of hydrogen-bond donors (Lipinski definition) is 2. The predicted octanol–water partition coefficient (Wildman–Crippen LogP) is 1.63. The van der Waals surface area contributed by atoms with Crippen LogP contribution in [0.3, 0.4) is 0 Å². The second-order valence-corrected chi connectivity index (χ2v) is 6.32. The monoisotopic (exact) mass is 261 g/mol.